The smallest absolute Gasteiger partial charge is 0.260 e. The maximum absolute atomic E-state index is 12.2. The van der Waals surface area contributed by atoms with E-state index in [4.69, 9.17) is 26.8 Å². The van der Waals surface area contributed by atoms with Gasteiger partial charge in [0.25, 0.3) is 5.91 Å². The number of carbonyl (C=O) groups excluding carboxylic acids is 1. The summed E-state index contributed by atoms with van der Waals surface area (Å²) in [5, 5.41) is 2.65. The average molecular weight is 309 g/mol. The summed E-state index contributed by atoms with van der Waals surface area (Å²) in [5.74, 6) is 0.296. The Kier molecular flexibility index (Phi) is 4.44. The molecule has 0 radical (unpaired) electrons. The zero-order valence-electron chi connectivity index (χ0n) is 11.4. The molecular formula is C13H13ClN4O3. The van der Waals surface area contributed by atoms with E-state index in [1.165, 1.54) is 26.4 Å². The van der Waals surface area contributed by atoms with E-state index in [9.17, 15) is 4.79 Å². The first-order valence-electron chi connectivity index (χ1n) is 5.87. The van der Waals surface area contributed by atoms with Gasteiger partial charge in [0.05, 0.1) is 19.8 Å². The van der Waals surface area contributed by atoms with Crippen LogP contribution in [0.2, 0.25) is 5.15 Å². The van der Waals surface area contributed by atoms with Crippen molar-refractivity contribution in [3.05, 3.63) is 35.0 Å². The van der Waals surface area contributed by atoms with E-state index in [2.05, 4.69) is 15.3 Å². The van der Waals surface area contributed by atoms with Crippen LogP contribution in [0.4, 0.5) is 11.6 Å². The summed E-state index contributed by atoms with van der Waals surface area (Å²) in [6, 6.07) is 6.18. The lowest BCUT2D eigenvalue weighted by atomic mass is 10.1. The number of halogens is 1. The minimum Gasteiger partial charge on any atom is -0.497 e. The van der Waals surface area contributed by atoms with E-state index >= 15 is 0 Å². The van der Waals surface area contributed by atoms with Gasteiger partial charge in [-0.2, -0.15) is 4.98 Å². The van der Waals surface area contributed by atoms with E-state index in [0.29, 0.717) is 11.4 Å². The first kappa shape index (κ1) is 14.9. The first-order chi connectivity index (χ1) is 10.0. The molecule has 3 N–H and O–H groups in total. The second-order valence-corrected chi connectivity index (χ2v) is 4.35. The van der Waals surface area contributed by atoms with Crippen LogP contribution in [0.3, 0.4) is 0 Å². The number of nitrogens with zero attached hydrogens (tertiary/aromatic N) is 2. The highest BCUT2D eigenvalue weighted by Crippen LogP contribution is 2.21. The molecule has 0 bridgehead atoms. The lowest BCUT2D eigenvalue weighted by Crippen LogP contribution is -2.16. The van der Waals surface area contributed by atoms with E-state index in [-0.39, 0.29) is 22.5 Å². The van der Waals surface area contributed by atoms with E-state index in [1.54, 1.807) is 12.1 Å². The van der Waals surface area contributed by atoms with E-state index in [1.807, 2.05) is 0 Å². The Balaban J connectivity index is 2.27. The average Bonchev–Trinajstić information content (AvgIpc) is 2.46. The van der Waals surface area contributed by atoms with E-state index in [0.717, 1.165) is 0 Å². The molecule has 0 atom stereocenters. The molecule has 0 saturated heterocycles. The van der Waals surface area contributed by atoms with Crippen molar-refractivity contribution in [2.45, 2.75) is 0 Å². The highest BCUT2D eigenvalue weighted by atomic mass is 35.5. The summed E-state index contributed by atoms with van der Waals surface area (Å²) in [6.45, 7) is 0. The van der Waals surface area contributed by atoms with Gasteiger partial charge in [0.2, 0.25) is 11.8 Å². The number of amides is 1. The molecule has 0 aliphatic rings. The second-order valence-electron chi connectivity index (χ2n) is 3.96. The third kappa shape index (κ3) is 3.51. The van der Waals surface area contributed by atoms with Crippen LogP contribution in [0.1, 0.15) is 10.4 Å². The number of benzene rings is 1. The third-order valence-corrected chi connectivity index (χ3v) is 2.80. The fourth-order valence-electron chi connectivity index (χ4n) is 1.59. The van der Waals surface area contributed by atoms with Crippen LogP contribution in [-0.2, 0) is 0 Å². The Hall–Kier alpha value is -2.54. The van der Waals surface area contributed by atoms with Crippen LogP contribution in [0.25, 0.3) is 0 Å². The number of nitrogens with two attached hydrogens (primary N) is 1. The van der Waals surface area contributed by atoms with Crippen molar-refractivity contribution in [2.24, 2.45) is 0 Å². The lowest BCUT2D eigenvalue weighted by molar-refractivity contribution is 0.102. The van der Waals surface area contributed by atoms with Crippen LogP contribution < -0.4 is 20.5 Å². The Labute approximate surface area is 126 Å². The maximum atomic E-state index is 12.2. The molecule has 0 aliphatic carbocycles. The van der Waals surface area contributed by atoms with Crippen molar-refractivity contribution < 1.29 is 14.3 Å². The normalized spacial score (nSPS) is 10.0. The number of methoxy groups -OCH3 is 2. The second kappa shape index (κ2) is 6.27. The number of anilines is 2. The van der Waals surface area contributed by atoms with Crippen molar-refractivity contribution in [1.29, 1.82) is 0 Å². The minimum atomic E-state index is -0.476. The number of ether oxygens (including phenoxy) is 2. The minimum absolute atomic E-state index is 0.0200. The predicted molar refractivity (Wildman–Crippen MR) is 79.0 cm³/mol. The van der Waals surface area contributed by atoms with Crippen molar-refractivity contribution >= 4 is 29.1 Å². The summed E-state index contributed by atoms with van der Waals surface area (Å²) < 4.78 is 10.0. The summed E-state index contributed by atoms with van der Waals surface area (Å²) in [4.78, 5) is 20.1. The molecule has 1 heterocycles. The number of carbonyl (C=O) groups is 1. The topological polar surface area (TPSA) is 99.4 Å². The van der Waals surface area contributed by atoms with Crippen LogP contribution in [-0.4, -0.2) is 30.1 Å². The predicted octanol–water partition coefficient (Wildman–Crippen LogP) is 1.98. The van der Waals surface area contributed by atoms with Gasteiger partial charge in [0.15, 0.2) is 0 Å². The van der Waals surface area contributed by atoms with Gasteiger partial charge in [-0.05, 0) is 18.2 Å². The number of aromatic nitrogens is 2. The van der Waals surface area contributed by atoms with Crippen LogP contribution in [0, 0.1) is 0 Å². The maximum Gasteiger partial charge on any atom is 0.260 e. The van der Waals surface area contributed by atoms with Gasteiger partial charge < -0.3 is 15.2 Å². The number of nitrogens with one attached hydrogen (secondary N) is 1. The summed E-state index contributed by atoms with van der Waals surface area (Å²) in [5.41, 5.74) is 6.33. The lowest BCUT2D eigenvalue weighted by Gasteiger charge is -2.09. The zero-order chi connectivity index (χ0) is 15.4. The van der Waals surface area contributed by atoms with Gasteiger partial charge in [-0.3, -0.25) is 10.1 Å². The number of hydrogen-bond acceptors (Lipinski definition) is 6. The molecule has 110 valence electrons. The molecule has 1 aromatic heterocycles. The standard InChI is InChI=1S/C13H13ClN4O3/c1-20-7-3-4-9(15)8(5-7)12(19)18-13-16-10(14)6-11(17-13)21-2/h3-6H,15H2,1-2H3,(H,16,17,18,19). The Morgan fingerprint density at radius 1 is 1.24 bits per heavy atom. The van der Waals surface area contributed by atoms with Crippen molar-refractivity contribution in [1.82, 2.24) is 9.97 Å². The molecule has 21 heavy (non-hydrogen) atoms. The van der Waals surface area contributed by atoms with Gasteiger partial charge in [-0.1, -0.05) is 11.6 Å². The zero-order valence-corrected chi connectivity index (χ0v) is 12.1. The van der Waals surface area contributed by atoms with Crippen LogP contribution in [0.15, 0.2) is 24.3 Å². The molecule has 0 spiro atoms. The Morgan fingerprint density at radius 2 is 2.00 bits per heavy atom. The molecule has 0 saturated carbocycles. The molecule has 2 aromatic rings. The molecule has 0 aliphatic heterocycles. The Morgan fingerprint density at radius 3 is 2.67 bits per heavy atom. The molecule has 7 nitrogen and oxygen atoms in total. The van der Waals surface area contributed by atoms with E-state index < -0.39 is 5.91 Å². The SMILES string of the molecule is COc1ccc(N)c(C(=O)Nc2nc(Cl)cc(OC)n2)c1. The molecule has 2 rings (SSSR count). The third-order valence-electron chi connectivity index (χ3n) is 2.61. The largest absolute Gasteiger partial charge is 0.497 e. The fraction of sp³-hybridized carbons (Fsp3) is 0.154. The molecule has 1 amide bonds. The monoisotopic (exact) mass is 308 g/mol. The Bertz CT molecular complexity index is 678. The number of rotatable bonds is 4. The summed E-state index contributed by atoms with van der Waals surface area (Å²) in [6.07, 6.45) is 0. The van der Waals surface area contributed by atoms with Crippen molar-refractivity contribution in [3.63, 3.8) is 0 Å². The fourth-order valence-corrected chi connectivity index (χ4v) is 1.76. The summed E-state index contributed by atoms with van der Waals surface area (Å²) in [7, 11) is 2.93. The first-order valence-corrected chi connectivity index (χ1v) is 6.24. The van der Waals surface area contributed by atoms with Crippen LogP contribution in [0.5, 0.6) is 11.6 Å². The number of hydrogen-bond donors (Lipinski definition) is 2. The van der Waals surface area contributed by atoms with Gasteiger partial charge in [-0.25, -0.2) is 4.98 Å². The molecule has 0 unspecified atom stereocenters. The van der Waals surface area contributed by atoms with Crippen molar-refractivity contribution in [3.8, 4) is 11.6 Å². The highest BCUT2D eigenvalue weighted by molar-refractivity contribution is 6.29. The van der Waals surface area contributed by atoms with Crippen molar-refractivity contribution in [2.75, 3.05) is 25.3 Å². The molecule has 0 fully saturated rings. The quantitative estimate of drug-likeness (QED) is 0.662. The molecular weight excluding hydrogens is 296 g/mol. The number of nitrogen functional groups attached to an aromatic ring is 1. The molecule has 8 heteroatoms. The summed E-state index contributed by atoms with van der Waals surface area (Å²) >= 11 is 5.81. The van der Waals surface area contributed by atoms with Gasteiger partial charge in [0, 0.05) is 11.8 Å². The van der Waals surface area contributed by atoms with Gasteiger partial charge in [0.1, 0.15) is 10.9 Å². The van der Waals surface area contributed by atoms with Gasteiger partial charge >= 0.3 is 0 Å². The van der Waals surface area contributed by atoms with Crippen LogP contribution >= 0.6 is 11.6 Å². The molecule has 1 aromatic carbocycles. The van der Waals surface area contributed by atoms with Gasteiger partial charge in [-0.15, -0.1) is 0 Å². The highest BCUT2D eigenvalue weighted by Gasteiger charge is 2.14.